The second-order valence-electron chi connectivity index (χ2n) is 8.22. The van der Waals surface area contributed by atoms with Gasteiger partial charge in [0.25, 0.3) is 0 Å². The molecule has 1 aliphatic rings. The predicted molar refractivity (Wildman–Crippen MR) is 109 cm³/mol. The first-order valence-corrected chi connectivity index (χ1v) is 10.2. The molecule has 140 valence electrons. The Hall–Kier alpha value is -2.40. The van der Waals surface area contributed by atoms with Crippen LogP contribution in [0.3, 0.4) is 0 Å². The van der Waals surface area contributed by atoms with Crippen LogP contribution in [0.4, 0.5) is 0 Å². The van der Waals surface area contributed by atoms with E-state index in [1.165, 1.54) is 11.3 Å². The van der Waals surface area contributed by atoms with Crippen LogP contribution in [0.15, 0.2) is 48.0 Å². The molecule has 1 N–H and O–H groups in total. The van der Waals surface area contributed by atoms with E-state index in [4.69, 9.17) is 0 Å². The molecule has 0 bridgehead atoms. The summed E-state index contributed by atoms with van der Waals surface area (Å²) in [4.78, 5) is 13.7. The van der Waals surface area contributed by atoms with Crippen LogP contribution < -0.4 is 5.32 Å². The zero-order chi connectivity index (χ0) is 19.0. The molecule has 0 unspecified atom stereocenters. The van der Waals surface area contributed by atoms with Gasteiger partial charge in [-0.1, -0.05) is 37.6 Å². The van der Waals surface area contributed by atoms with Crippen molar-refractivity contribution in [1.82, 2.24) is 15.1 Å². The highest BCUT2D eigenvalue weighted by molar-refractivity contribution is 7.10. The van der Waals surface area contributed by atoms with Gasteiger partial charge >= 0.3 is 0 Å². The number of carbonyl (C=O) groups excluding carboxylic acids is 1. The Morgan fingerprint density at radius 2 is 2.07 bits per heavy atom. The summed E-state index contributed by atoms with van der Waals surface area (Å²) in [5, 5.41) is 9.93. The zero-order valence-corrected chi connectivity index (χ0v) is 16.8. The lowest BCUT2D eigenvalue weighted by Gasteiger charge is -2.36. The smallest absolute Gasteiger partial charge is 0.225 e. The number of aryl methyl sites for hydroxylation is 1. The van der Waals surface area contributed by atoms with Crippen LogP contribution in [0.5, 0.6) is 0 Å². The van der Waals surface area contributed by atoms with Gasteiger partial charge in [-0.15, -0.1) is 11.3 Å². The Labute approximate surface area is 164 Å². The number of amides is 1. The molecule has 0 aliphatic heterocycles. The van der Waals surface area contributed by atoms with Crippen LogP contribution in [0.1, 0.15) is 48.0 Å². The fourth-order valence-electron chi connectivity index (χ4n) is 3.90. The fraction of sp³-hybridized carbons (Fsp3) is 0.364. The van der Waals surface area contributed by atoms with Crippen molar-refractivity contribution < 1.29 is 4.79 Å². The number of nitrogens with zero attached hydrogens (tertiary/aromatic N) is 2. The highest BCUT2D eigenvalue weighted by atomic mass is 32.1. The maximum atomic E-state index is 12.6. The van der Waals surface area contributed by atoms with E-state index in [0.717, 1.165) is 29.0 Å². The Balaban J connectivity index is 1.62. The summed E-state index contributed by atoms with van der Waals surface area (Å²) in [7, 11) is 0. The van der Waals surface area contributed by atoms with E-state index in [1.807, 2.05) is 28.4 Å². The Kier molecular flexibility index (Phi) is 4.64. The number of nitrogens with one attached hydrogen (secondary N) is 1. The summed E-state index contributed by atoms with van der Waals surface area (Å²) in [5.41, 5.74) is 4.77. The highest BCUT2D eigenvalue weighted by Crippen LogP contribution is 2.41. The number of thiophene rings is 1. The molecule has 0 saturated carbocycles. The molecule has 1 amide bonds. The SMILES string of the molecule is Cc1ccc(-n2ncc3c2CC(C)(C)C[C@@H]3NC(=O)Cc2cccs2)cc1. The molecule has 4 rings (SSSR count). The maximum absolute atomic E-state index is 12.6. The minimum Gasteiger partial charge on any atom is -0.349 e. The first-order chi connectivity index (χ1) is 12.9. The van der Waals surface area contributed by atoms with Crippen LogP contribution in [-0.4, -0.2) is 15.7 Å². The first-order valence-electron chi connectivity index (χ1n) is 9.37. The summed E-state index contributed by atoms with van der Waals surface area (Å²) >= 11 is 1.62. The van der Waals surface area contributed by atoms with E-state index >= 15 is 0 Å². The lowest BCUT2D eigenvalue weighted by molar-refractivity contribution is -0.121. The Morgan fingerprint density at radius 1 is 1.30 bits per heavy atom. The van der Waals surface area contributed by atoms with E-state index in [0.29, 0.717) is 6.42 Å². The van der Waals surface area contributed by atoms with Crippen LogP contribution in [-0.2, 0) is 17.6 Å². The van der Waals surface area contributed by atoms with Crippen molar-refractivity contribution in [3.63, 3.8) is 0 Å². The highest BCUT2D eigenvalue weighted by Gasteiger charge is 2.36. The molecule has 3 aromatic rings. The second kappa shape index (κ2) is 6.97. The minimum atomic E-state index is 0.00964. The van der Waals surface area contributed by atoms with Gasteiger partial charge in [-0.25, -0.2) is 4.68 Å². The third kappa shape index (κ3) is 3.83. The van der Waals surface area contributed by atoms with Crippen molar-refractivity contribution in [3.8, 4) is 5.69 Å². The maximum Gasteiger partial charge on any atom is 0.225 e. The van der Waals surface area contributed by atoms with Gasteiger partial charge in [0.15, 0.2) is 0 Å². The van der Waals surface area contributed by atoms with Crippen molar-refractivity contribution >= 4 is 17.2 Å². The minimum absolute atomic E-state index is 0.00964. The van der Waals surface area contributed by atoms with Gasteiger partial charge in [0.05, 0.1) is 30.0 Å². The topological polar surface area (TPSA) is 46.9 Å². The van der Waals surface area contributed by atoms with Gasteiger partial charge in [-0.3, -0.25) is 4.79 Å². The number of carbonyl (C=O) groups is 1. The molecule has 0 spiro atoms. The molecular weight excluding hydrogens is 354 g/mol. The third-order valence-electron chi connectivity index (χ3n) is 5.21. The van der Waals surface area contributed by atoms with Crippen molar-refractivity contribution in [2.45, 2.75) is 46.1 Å². The Morgan fingerprint density at radius 3 is 2.78 bits per heavy atom. The molecule has 0 radical (unpaired) electrons. The number of hydrogen-bond donors (Lipinski definition) is 1. The summed E-state index contributed by atoms with van der Waals surface area (Å²) < 4.78 is 2.04. The van der Waals surface area contributed by atoms with Gasteiger partial charge in [0.2, 0.25) is 5.91 Å². The normalized spacial score (nSPS) is 18.1. The molecule has 1 aromatic carbocycles. The van der Waals surface area contributed by atoms with Gasteiger partial charge < -0.3 is 5.32 Å². The number of benzene rings is 1. The van der Waals surface area contributed by atoms with Crippen molar-refractivity contribution in [3.05, 3.63) is 69.7 Å². The number of aromatic nitrogens is 2. The molecular formula is C22H25N3OS. The van der Waals surface area contributed by atoms with Gasteiger partial charge in [0.1, 0.15) is 0 Å². The molecule has 2 heterocycles. The van der Waals surface area contributed by atoms with Crippen LogP contribution in [0.25, 0.3) is 5.69 Å². The molecule has 0 fully saturated rings. The zero-order valence-electron chi connectivity index (χ0n) is 16.0. The average molecular weight is 380 g/mol. The average Bonchev–Trinajstić information content (AvgIpc) is 3.24. The first kappa shape index (κ1) is 18.0. The van der Waals surface area contributed by atoms with Gasteiger partial charge in [0, 0.05) is 10.4 Å². The summed E-state index contributed by atoms with van der Waals surface area (Å²) in [5.74, 6) is 0.0779. The molecule has 27 heavy (non-hydrogen) atoms. The monoisotopic (exact) mass is 379 g/mol. The number of hydrogen-bond acceptors (Lipinski definition) is 3. The number of fused-ring (bicyclic) bond motifs is 1. The summed E-state index contributed by atoms with van der Waals surface area (Å²) in [6, 6.07) is 12.4. The van der Waals surface area contributed by atoms with E-state index in [-0.39, 0.29) is 17.4 Å². The molecule has 2 aromatic heterocycles. The predicted octanol–water partition coefficient (Wildman–Crippen LogP) is 4.61. The standard InChI is InChI=1S/C22H25N3OS/c1-15-6-8-16(9-7-15)25-20-13-22(2,3)12-19(18(20)14-23-25)24-21(26)11-17-5-4-10-27-17/h4-10,14,19H,11-13H2,1-3H3,(H,24,26)/t19-/m0/s1. The molecule has 1 atom stereocenters. The van der Waals surface area contributed by atoms with Crippen molar-refractivity contribution in [1.29, 1.82) is 0 Å². The van der Waals surface area contributed by atoms with Gasteiger partial charge in [-0.05, 0) is 48.8 Å². The molecule has 0 saturated heterocycles. The van der Waals surface area contributed by atoms with Crippen LogP contribution >= 0.6 is 11.3 Å². The van der Waals surface area contributed by atoms with E-state index in [9.17, 15) is 4.79 Å². The van der Waals surface area contributed by atoms with Crippen LogP contribution in [0.2, 0.25) is 0 Å². The van der Waals surface area contributed by atoms with E-state index < -0.39 is 0 Å². The third-order valence-corrected chi connectivity index (χ3v) is 6.08. The largest absolute Gasteiger partial charge is 0.349 e. The Bertz CT molecular complexity index is 939. The van der Waals surface area contributed by atoms with E-state index in [1.54, 1.807) is 11.3 Å². The molecule has 5 heteroatoms. The molecule has 1 aliphatic carbocycles. The fourth-order valence-corrected chi connectivity index (χ4v) is 4.60. The lowest BCUT2D eigenvalue weighted by atomic mass is 9.74. The lowest BCUT2D eigenvalue weighted by Crippen LogP contribution is -2.37. The number of rotatable bonds is 4. The summed E-state index contributed by atoms with van der Waals surface area (Å²) in [6.07, 6.45) is 4.25. The second-order valence-corrected chi connectivity index (χ2v) is 9.25. The van der Waals surface area contributed by atoms with Gasteiger partial charge in [-0.2, -0.15) is 5.10 Å². The molecule has 4 nitrogen and oxygen atoms in total. The summed E-state index contributed by atoms with van der Waals surface area (Å²) in [6.45, 7) is 6.62. The quantitative estimate of drug-likeness (QED) is 0.719. The van der Waals surface area contributed by atoms with Crippen molar-refractivity contribution in [2.75, 3.05) is 0 Å². The van der Waals surface area contributed by atoms with Crippen LogP contribution in [0, 0.1) is 12.3 Å². The van der Waals surface area contributed by atoms with E-state index in [2.05, 4.69) is 55.5 Å². The van der Waals surface area contributed by atoms with Crippen molar-refractivity contribution in [2.24, 2.45) is 5.41 Å².